The smallest absolute Gasteiger partial charge is 0.0829 e. The van der Waals surface area contributed by atoms with E-state index in [0.29, 0.717) is 6.42 Å². The molecule has 0 saturated heterocycles. The zero-order valence-electron chi connectivity index (χ0n) is 7.77. The first-order valence-corrected chi connectivity index (χ1v) is 4.81. The topological polar surface area (TPSA) is 46.2 Å². The third-order valence-electron chi connectivity index (χ3n) is 1.97. The van der Waals surface area contributed by atoms with Crippen molar-refractivity contribution in [3.8, 4) is 0 Å². The normalized spacial score (nSPS) is 14.2. The van der Waals surface area contributed by atoms with E-state index in [1.807, 2.05) is 30.3 Å². The molecule has 0 saturated carbocycles. The van der Waals surface area contributed by atoms with Crippen molar-refractivity contribution in [1.82, 2.24) is 0 Å². The van der Waals surface area contributed by atoms with E-state index in [9.17, 15) is 5.11 Å². The van der Waals surface area contributed by atoms with Crippen molar-refractivity contribution in [1.29, 1.82) is 0 Å². The number of hydrogen-bond donors (Lipinski definition) is 2. The molecule has 2 nitrogen and oxygen atoms in total. The molecule has 0 unspecified atom stereocenters. The minimum absolute atomic E-state index is 0. The number of aliphatic hydroxyl groups excluding tert-OH is 1. The van der Waals surface area contributed by atoms with Gasteiger partial charge >= 0.3 is 0 Å². The number of benzene rings is 1. The molecule has 4 heteroatoms. The molecule has 0 fully saturated rings. The Hall–Kier alpha value is -0.280. The van der Waals surface area contributed by atoms with Gasteiger partial charge in [0, 0.05) is 11.9 Å². The van der Waals surface area contributed by atoms with Crippen LogP contribution >= 0.6 is 24.0 Å². The van der Waals surface area contributed by atoms with Crippen molar-refractivity contribution in [2.24, 2.45) is 5.73 Å². The molecule has 0 radical (unpaired) electrons. The lowest BCUT2D eigenvalue weighted by atomic mass is 10.0. The van der Waals surface area contributed by atoms with Gasteiger partial charge in [-0.25, -0.2) is 0 Å². The van der Waals surface area contributed by atoms with E-state index in [4.69, 9.17) is 17.3 Å². The molecule has 0 aromatic heterocycles. The highest BCUT2D eigenvalue weighted by molar-refractivity contribution is 6.18. The van der Waals surface area contributed by atoms with Crippen molar-refractivity contribution in [3.05, 3.63) is 35.9 Å². The van der Waals surface area contributed by atoms with Crippen molar-refractivity contribution in [3.63, 3.8) is 0 Å². The van der Waals surface area contributed by atoms with Gasteiger partial charge < -0.3 is 10.8 Å². The molecule has 3 N–H and O–H groups in total. The van der Waals surface area contributed by atoms with Crippen LogP contribution in [0.1, 0.15) is 5.56 Å². The molecule has 1 aromatic rings. The molecule has 0 aliphatic carbocycles. The first-order valence-electron chi connectivity index (χ1n) is 4.27. The van der Waals surface area contributed by atoms with Crippen molar-refractivity contribution in [2.75, 3.05) is 5.88 Å². The van der Waals surface area contributed by atoms with Crippen LogP contribution in [0, 0.1) is 0 Å². The maximum absolute atomic E-state index is 9.33. The van der Waals surface area contributed by atoms with Gasteiger partial charge in [0.05, 0.1) is 6.10 Å². The Morgan fingerprint density at radius 1 is 1.29 bits per heavy atom. The number of aliphatic hydroxyl groups is 1. The molecular formula is C10H15Cl2NO. The van der Waals surface area contributed by atoms with E-state index in [1.54, 1.807) is 0 Å². The summed E-state index contributed by atoms with van der Waals surface area (Å²) in [6.45, 7) is 0. The van der Waals surface area contributed by atoms with Gasteiger partial charge in [-0.1, -0.05) is 30.3 Å². The average Bonchev–Trinajstić information content (AvgIpc) is 2.18. The number of alkyl halides is 1. The highest BCUT2D eigenvalue weighted by Gasteiger charge is 2.13. The maximum atomic E-state index is 9.33. The molecule has 0 aliphatic rings. The molecule has 0 heterocycles. The molecule has 1 rings (SSSR count). The predicted octanol–water partition coefficient (Wildman–Crippen LogP) is 1.58. The number of rotatable bonds is 4. The number of halogens is 2. The summed E-state index contributed by atoms with van der Waals surface area (Å²) in [6, 6.07) is 9.55. The van der Waals surface area contributed by atoms with Gasteiger partial charge in [0.25, 0.3) is 0 Å². The molecule has 2 atom stereocenters. The summed E-state index contributed by atoms with van der Waals surface area (Å²) in [6.07, 6.45) is 0.0382. The summed E-state index contributed by atoms with van der Waals surface area (Å²) >= 11 is 5.48. The molecule has 0 spiro atoms. The fourth-order valence-electron chi connectivity index (χ4n) is 1.14. The largest absolute Gasteiger partial charge is 0.390 e. The van der Waals surface area contributed by atoms with E-state index in [1.165, 1.54) is 0 Å². The van der Waals surface area contributed by atoms with Crippen LogP contribution in [0.2, 0.25) is 0 Å². The van der Waals surface area contributed by atoms with Gasteiger partial charge in [-0.15, -0.1) is 24.0 Å². The van der Waals surface area contributed by atoms with E-state index in [-0.39, 0.29) is 24.3 Å². The lowest BCUT2D eigenvalue weighted by Crippen LogP contribution is -2.37. The number of nitrogens with two attached hydrogens (primary N) is 1. The van der Waals surface area contributed by atoms with Crippen molar-refractivity contribution in [2.45, 2.75) is 18.6 Å². The van der Waals surface area contributed by atoms with Crippen LogP contribution in [-0.2, 0) is 6.42 Å². The lowest BCUT2D eigenvalue weighted by molar-refractivity contribution is 0.166. The third-order valence-corrected chi connectivity index (χ3v) is 2.28. The van der Waals surface area contributed by atoms with Crippen LogP contribution in [0.25, 0.3) is 0 Å². The Morgan fingerprint density at radius 2 is 1.86 bits per heavy atom. The maximum Gasteiger partial charge on any atom is 0.0829 e. The highest BCUT2D eigenvalue weighted by Crippen LogP contribution is 2.05. The molecule has 0 amide bonds. The van der Waals surface area contributed by atoms with Gasteiger partial charge in [-0.3, -0.25) is 0 Å². The van der Waals surface area contributed by atoms with Gasteiger partial charge in [0.2, 0.25) is 0 Å². The minimum Gasteiger partial charge on any atom is -0.390 e. The average molecular weight is 236 g/mol. The van der Waals surface area contributed by atoms with Crippen LogP contribution in [0.3, 0.4) is 0 Å². The lowest BCUT2D eigenvalue weighted by Gasteiger charge is -2.15. The summed E-state index contributed by atoms with van der Waals surface area (Å²) in [5, 5.41) is 9.33. The Morgan fingerprint density at radius 3 is 2.36 bits per heavy atom. The third kappa shape index (κ3) is 4.29. The van der Waals surface area contributed by atoms with Crippen LogP contribution in [0.15, 0.2) is 30.3 Å². The fraction of sp³-hybridized carbons (Fsp3) is 0.400. The summed E-state index contributed by atoms with van der Waals surface area (Å²) < 4.78 is 0. The zero-order valence-corrected chi connectivity index (χ0v) is 9.34. The van der Waals surface area contributed by atoms with Gasteiger partial charge in [-0.2, -0.15) is 0 Å². The van der Waals surface area contributed by atoms with Crippen molar-refractivity contribution >= 4 is 24.0 Å². The Labute approximate surface area is 95.5 Å². The second-order valence-corrected chi connectivity index (χ2v) is 3.38. The van der Waals surface area contributed by atoms with Crippen LogP contribution in [0.5, 0.6) is 0 Å². The van der Waals surface area contributed by atoms with Gasteiger partial charge in [0.1, 0.15) is 0 Å². The second-order valence-electron chi connectivity index (χ2n) is 3.08. The molecule has 0 bridgehead atoms. The van der Waals surface area contributed by atoms with E-state index in [0.717, 1.165) is 5.56 Å². The molecular weight excluding hydrogens is 221 g/mol. The zero-order chi connectivity index (χ0) is 9.68. The van der Waals surface area contributed by atoms with E-state index >= 15 is 0 Å². The SMILES string of the molecule is Cl.N[C@@H](Cc1ccccc1)[C@@H](O)CCl. The first kappa shape index (κ1) is 13.7. The Kier molecular flexibility index (Phi) is 6.93. The molecule has 0 aliphatic heterocycles. The van der Waals surface area contributed by atoms with Crippen molar-refractivity contribution < 1.29 is 5.11 Å². The van der Waals surface area contributed by atoms with E-state index < -0.39 is 6.10 Å². The van der Waals surface area contributed by atoms with Crippen LogP contribution < -0.4 is 5.73 Å². The van der Waals surface area contributed by atoms with Crippen LogP contribution in [0.4, 0.5) is 0 Å². The Bertz CT molecular complexity index is 243. The monoisotopic (exact) mass is 235 g/mol. The summed E-state index contributed by atoms with van der Waals surface area (Å²) in [5.41, 5.74) is 6.85. The highest BCUT2D eigenvalue weighted by atomic mass is 35.5. The molecule has 14 heavy (non-hydrogen) atoms. The minimum atomic E-state index is -0.623. The van der Waals surface area contributed by atoms with Crippen LogP contribution in [-0.4, -0.2) is 23.1 Å². The molecule has 80 valence electrons. The standard InChI is InChI=1S/C10H14ClNO.ClH/c11-7-10(13)9(12)6-8-4-2-1-3-5-8;/h1-5,9-10,13H,6-7,12H2;1H/t9-,10-;/m0./s1. The number of hydrogen-bond acceptors (Lipinski definition) is 2. The summed E-state index contributed by atoms with van der Waals surface area (Å²) in [7, 11) is 0. The molecule has 1 aromatic carbocycles. The first-order chi connectivity index (χ1) is 6.24. The van der Waals surface area contributed by atoms with Gasteiger partial charge in [-0.05, 0) is 12.0 Å². The predicted molar refractivity (Wildman–Crippen MR) is 62.1 cm³/mol. The Balaban J connectivity index is 0.00000169. The summed E-state index contributed by atoms with van der Waals surface area (Å²) in [4.78, 5) is 0. The fourth-order valence-corrected chi connectivity index (χ4v) is 1.37. The van der Waals surface area contributed by atoms with E-state index in [2.05, 4.69) is 0 Å². The second kappa shape index (κ2) is 7.07. The quantitative estimate of drug-likeness (QED) is 0.779. The summed E-state index contributed by atoms with van der Waals surface area (Å²) in [5.74, 6) is 0.188. The van der Waals surface area contributed by atoms with Gasteiger partial charge in [0.15, 0.2) is 0 Å².